The van der Waals surface area contributed by atoms with Crippen molar-refractivity contribution in [1.29, 1.82) is 0 Å². The van der Waals surface area contributed by atoms with Crippen LogP contribution in [0.15, 0.2) is 34.1 Å². The lowest BCUT2D eigenvalue weighted by Gasteiger charge is -2.07. The van der Waals surface area contributed by atoms with Crippen LogP contribution in [0.3, 0.4) is 0 Å². The van der Waals surface area contributed by atoms with Crippen LogP contribution in [-0.2, 0) is 0 Å². The molecule has 1 aromatic heterocycles. The van der Waals surface area contributed by atoms with E-state index in [-0.39, 0.29) is 11.7 Å². The molecule has 1 heterocycles. The number of hydrogen-bond acceptors (Lipinski definition) is 4. The highest BCUT2D eigenvalue weighted by Crippen LogP contribution is 2.27. The molecule has 1 aromatic carbocycles. The summed E-state index contributed by atoms with van der Waals surface area (Å²) < 4.78 is 0.748. The summed E-state index contributed by atoms with van der Waals surface area (Å²) in [4.78, 5) is 12.5. The van der Waals surface area contributed by atoms with Gasteiger partial charge in [0.05, 0.1) is 11.4 Å². The van der Waals surface area contributed by atoms with Crippen molar-refractivity contribution >= 4 is 44.5 Å². The Labute approximate surface area is 110 Å². The van der Waals surface area contributed by atoms with E-state index in [9.17, 15) is 9.90 Å². The third kappa shape index (κ3) is 2.59. The molecular weight excluding hydrogens is 304 g/mol. The van der Waals surface area contributed by atoms with Crippen molar-refractivity contribution in [1.82, 2.24) is 0 Å². The smallest absolute Gasteiger partial charge is 0.266 e. The Kier molecular flexibility index (Phi) is 3.35. The van der Waals surface area contributed by atoms with Crippen molar-refractivity contribution in [3.8, 4) is 5.75 Å². The maximum absolute atomic E-state index is 11.9. The van der Waals surface area contributed by atoms with E-state index in [1.165, 1.54) is 23.5 Å². The SMILES string of the molecule is Nc1cc(O)ccc1NC(=O)c1sccc1Br. The van der Waals surface area contributed by atoms with Gasteiger partial charge in [0.1, 0.15) is 10.6 Å². The fourth-order valence-corrected chi connectivity index (χ4v) is 2.75. The fourth-order valence-electron chi connectivity index (χ4n) is 1.30. The molecular formula is C11H9BrN2O2S. The van der Waals surface area contributed by atoms with Crippen molar-refractivity contribution in [2.45, 2.75) is 0 Å². The molecule has 2 aromatic rings. The minimum absolute atomic E-state index is 0.0674. The number of amides is 1. The molecule has 0 saturated carbocycles. The maximum Gasteiger partial charge on any atom is 0.266 e. The second-order valence-electron chi connectivity index (χ2n) is 3.32. The van der Waals surface area contributed by atoms with E-state index < -0.39 is 0 Å². The van der Waals surface area contributed by atoms with Crippen LogP contribution in [-0.4, -0.2) is 11.0 Å². The first kappa shape index (κ1) is 11.9. The van der Waals surface area contributed by atoms with Crippen LogP contribution in [0, 0.1) is 0 Å². The van der Waals surface area contributed by atoms with Crippen molar-refractivity contribution in [3.63, 3.8) is 0 Å². The van der Waals surface area contributed by atoms with Gasteiger partial charge in [0.2, 0.25) is 0 Å². The first-order valence-corrected chi connectivity index (χ1v) is 6.38. The van der Waals surface area contributed by atoms with E-state index in [0.29, 0.717) is 16.3 Å². The van der Waals surface area contributed by atoms with E-state index in [1.54, 1.807) is 12.1 Å². The first-order chi connectivity index (χ1) is 8.08. The molecule has 88 valence electrons. The van der Waals surface area contributed by atoms with E-state index in [1.807, 2.05) is 5.38 Å². The van der Waals surface area contributed by atoms with Crippen LogP contribution in [0.5, 0.6) is 5.75 Å². The minimum atomic E-state index is -0.232. The van der Waals surface area contributed by atoms with Crippen LogP contribution < -0.4 is 11.1 Å². The zero-order valence-electron chi connectivity index (χ0n) is 8.61. The number of halogens is 1. The van der Waals surface area contributed by atoms with Gasteiger partial charge < -0.3 is 16.2 Å². The number of rotatable bonds is 2. The highest BCUT2D eigenvalue weighted by molar-refractivity contribution is 9.10. The summed E-state index contributed by atoms with van der Waals surface area (Å²) in [6, 6.07) is 6.22. The summed E-state index contributed by atoms with van der Waals surface area (Å²) in [5.74, 6) is -0.165. The van der Waals surface area contributed by atoms with Crippen LogP contribution in [0.4, 0.5) is 11.4 Å². The topological polar surface area (TPSA) is 75.3 Å². The standard InChI is InChI=1S/C11H9BrN2O2S/c12-7-3-4-17-10(7)11(16)14-9-2-1-6(15)5-8(9)13/h1-5,15H,13H2,(H,14,16). The van der Waals surface area contributed by atoms with Crippen molar-refractivity contribution in [2.75, 3.05) is 11.1 Å². The van der Waals surface area contributed by atoms with Gasteiger partial charge in [-0.25, -0.2) is 0 Å². The second kappa shape index (κ2) is 4.77. The van der Waals surface area contributed by atoms with Gasteiger partial charge in [-0.05, 0) is 39.5 Å². The predicted molar refractivity (Wildman–Crippen MR) is 72.5 cm³/mol. The predicted octanol–water partition coefficient (Wildman–Crippen LogP) is 3.05. The molecule has 4 nitrogen and oxygen atoms in total. The Bertz CT molecular complexity index is 568. The molecule has 0 aliphatic carbocycles. The number of aromatic hydroxyl groups is 1. The zero-order valence-corrected chi connectivity index (χ0v) is 11.0. The summed E-state index contributed by atoms with van der Waals surface area (Å²) in [5, 5.41) is 13.7. The lowest BCUT2D eigenvalue weighted by molar-refractivity contribution is 0.103. The molecule has 2 rings (SSSR count). The fraction of sp³-hybridized carbons (Fsp3) is 0. The second-order valence-corrected chi connectivity index (χ2v) is 5.09. The molecule has 0 aliphatic heterocycles. The molecule has 0 bridgehead atoms. The molecule has 0 aliphatic rings. The van der Waals surface area contributed by atoms with E-state index in [0.717, 1.165) is 4.47 Å². The number of benzene rings is 1. The lowest BCUT2D eigenvalue weighted by atomic mass is 10.2. The number of nitrogens with two attached hydrogens (primary N) is 1. The van der Waals surface area contributed by atoms with E-state index in [4.69, 9.17) is 5.73 Å². The Hall–Kier alpha value is -1.53. The van der Waals surface area contributed by atoms with E-state index in [2.05, 4.69) is 21.2 Å². The number of anilines is 2. The molecule has 0 radical (unpaired) electrons. The Balaban J connectivity index is 2.22. The van der Waals surface area contributed by atoms with Gasteiger partial charge in [-0.3, -0.25) is 4.79 Å². The van der Waals surface area contributed by atoms with Gasteiger partial charge in [-0.2, -0.15) is 0 Å². The summed E-state index contributed by atoms with van der Waals surface area (Å²) in [7, 11) is 0. The highest BCUT2D eigenvalue weighted by Gasteiger charge is 2.12. The summed E-state index contributed by atoms with van der Waals surface area (Å²) in [5.41, 5.74) is 6.48. The number of carbonyl (C=O) groups excluding carboxylic acids is 1. The van der Waals surface area contributed by atoms with Gasteiger partial charge in [-0.15, -0.1) is 11.3 Å². The number of phenolic OH excluding ortho intramolecular Hbond substituents is 1. The molecule has 0 spiro atoms. The van der Waals surface area contributed by atoms with Crippen LogP contribution in [0.1, 0.15) is 9.67 Å². The third-order valence-corrected chi connectivity index (χ3v) is 3.94. The number of nitrogen functional groups attached to an aromatic ring is 1. The molecule has 0 saturated heterocycles. The molecule has 17 heavy (non-hydrogen) atoms. The lowest BCUT2D eigenvalue weighted by Crippen LogP contribution is -2.12. The molecule has 4 N–H and O–H groups in total. The Morgan fingerprint density at radius 1 is 1.41 bits per heavy atom. The van der Waals surface area contributed by atoms with Crippen LogP contribution in [0.25, 0.3) is 0 Å². The normalized spacial score (nSPS) is 10.2. The van der Waals surface area contributed by atoms with Gasteiger partial charge in [0, 0.05) is 10.5 Å². The summed E-state index contributed by atoms with van der Waals surface area (Å²) in [6.07, 6.45) is 0. The molecule has 0 unspecified atom stereocenters. The molecule has 0 fully saturated rings. The van der Waals surface area contributed by atoms with Crippen molar-refractivity contribution in [3.05, 3.63) is 39.0 Å². The quantitative estimate of drug-likeness (QED) is 0.589. The molecule has 6 heteroatoms. The number of thiophene rings is 1. The van der Waals surface area contributed by atoms with Crippen molar-refractivity contribution < 1.29 is 9.90 Å². The number of hydrogen-bond donors (Lipinski definition) is 3. The average molecular weight is 313 g/mol. The first-order valence-electron chi connectivity index (χ1n) is 4.71. The van der Waals surface area contributed by atoms with Gasteiger partial charge in [-0.1, -0.05) is 0 Å². The summed E-state index contributed by atoms with van der Waals surface area (Å²) >= 11 is 4.63. The minimum Gasteiger partial charge on any atom is -0.508 e. The maximum atomic E-state index is 11.9. The van der Waals surface area contributed by atoms with E-state index >= 15 is 0 Å². The largest absolute Gasteiger partial charge is 0.508 e. The molecule has 1 amide bonds. The average Bonchev–Trinajstić information content (AvgIpc) is 2.68. The third-order valence-electron chi connectivity index (χ3n) is 2.11. The van der Waals surface area contributed by atoms with Gasteiger partial charge in [0.25, 0.3) is 5.91 Å². The monoisotopic (exact) mass is 312 g/mol. The van der Waals surface area contributed by atoms with Gasteiger partial charge >= 0.3 is 0 Å². The number of carbonyl (C=O) groups is 1. The summed E-state index contributed by atoms with van der Waals surface area (Å²) in [6.45, 7) is 0. The Morgan fingerprint density at radius 2 is 2.18 bits per heavy atom. The zero-order chi connectivity index (χ0) is 12.4. The Morgan fingerprint density at radius 3 is 2.76 bits per heavy atom. The van der Waals surface area contributed by atoms with Crippen molar-refractivity contribution in [2.24, 2.45) is 0 Å². The molecule has 0 atom stereocenters. The highest BCUT2D eigenvalue weighted by atomic mass is 79.9. The van der Waals surface area contributed by atoms with Crippen LogP contribution in [0.2, 0.25) is 0 Å². The number of phenols is 1. The van der Waals surface area contributed by atoms with Crippen LogP contribution >= 0.6 is 27.3 Å². The van der Waals surface area contributed by atoms with Gasteiger partial charge in [0.15, 0.2) is 0 Å². The number of nitrogens with one attached hydrogen (secondary N) is 1.